The molecule has 0 saturated heterocycles. The molecule has 108 valence electrons. The van der Waals surface area contributed by atoms with E-state index in [9.17, 15) is 0 Å². The van der Waals surface area contributed by atoms with Crippen LogP contribution in [0.5, 0.6) is 0 Å². The van der Waals surface area contributed by atoms with Crippen LogP contribution in [0.4, 0.5) is 0 Å². The predicted molar refractivity (Wildman–Crippen MR) is 69.1 cm³/mol. The monoisotopic (exact) mass is 297 g/mol. The molecule has 0 atom stereocenters. The molecule has 1 heterocycles. The Kier molecular flexibility index (Phi) is 4.72. The van der Waals surface area contributed by atoms with Crippen LogP contribution in [0.25, 0.3) is 11.1 Å². The predicted octanol–water partition coefficient (Wildman–Crippen LogP) is 0.0968. The largest absolute Gasteiger partial charge is 0.309 e. The van der Waals surface area contributed by atoms with E-state index in [0.29, 0.717) is 0 Å². The molecule has 4 N–H and O–H groups in total. The summed E-state index contributed by atoms with van der Waals surface area (Å²) in [5, 5.41) is 3.46. The SMILES string of the molecule is [O-][Cl+](O)(O)O.c1ccc2c(c1)CNCc1ccccc1-2. The zero-order chi connectivity index (χ0) is 14.6. The van der Waals surface area contributed by atoms with Crippen molar-refractivity contribution in [2.24, 2.45) is 0 Å². The Hall–Kier alpha value is -1.47. The molecular weight excluding hydrogens is 282 g/mol. The normalized spacial score (nSPS) is 14.2. The van der Waals surface area contributed by atoms with E-state index < -0.39 is 10.2 Å². The third-order valence-electron chi connectivity index (χ3n) is 2.96. The van der Waals surface area contributed by atoms with Crippen LogP contribution in [0.1, 0.15) is 11.1 Å². The van der Waals surface area contributed by atoms with E-state index in [1.165, 1.54) is 22.3 Å². The second-order valence-corrected chi connectivity index (χ2v) is 5.22. The van der Waals surface area contributed by atoms with Gasteiger partial charge in [-0.05, 0) is 22.3 Å². The number of benzene rings is 2. The molecule has 1 aliphatic heterocycles. The van der Waals surface area contributed by atoms with Crippen LogP contribution in [0, 0.1) is 10.2 Å². The van der Waals surface area contributed by atoms with Gasteiger partial charge in [-0.25, -0.2) is 0 Å². The second-order valence-electron chi connectivity index (χ2n) is 4.35. The summed E-state index contributed by atoms with van der Waals surface area (Å²) in [7, 11) is -4.19. The van der Waals surface area contributed by atoms with Crippen LogP contribution in [0.15, 0.2) is 48.5 Å². The van der Waals surface area contributed by atoms with Crippen molar-refractivity contribution in [3.05, 3.63) is 59.7 Å². The summed E-state index contributed by atoms with van der Waals surface area (Å²) in [5.41, 5.74) is 5.53. The van der Waals surface area contributed by atoms with Crippen molar-refractivity contribution >= 4 is 0 Å². The Morgan fingerprint density at radius 3 is 1.55 bits per heavy atom. The number of nitrogens with one attached hydrogen (secondary N) is 1. The minimum atomic E-state index is -4.19. The number of halogens is 1. The van der Waals surface area contributed by atoms with Crippen molar-refractivity contribution < 1.29 is 28.9 Å². The average Bonchev–Trinajstić information content (AvgIpc) is 2.56. The van der Waals surface area contributed by atoms with Crippen molar-refractivity contribution in [2.45, 2.75) is 13.1 Å². The van der Waals surface area contributed by atoms with Gasteiger partial charge in [-0.2, -0.15) is 0 Å². The summed E-state index contributed by atoms with van der Waals surface area (Å²) < 4.78 is 30.2. The first kappa shape index (κ1) is 14.9. The van der Waals surface area contributed by atoms with E-state index in [1.54, 1.807) is 0 Å². The van der Waals surface area contributed by atoms with Crippen LogP contribution in [0.2, 0.25) is 0 Å². The van der Waals surface area contributed by atoms with E-state index in [2.05, 4.69) is 53.8 Å². The Bertz CT molecular complexity index is 532. The van der Waals surface area contributed by atoms with E-state index in [4.69, 9.17) is 18.6 Å². The first-order valence-electron chi connectivity index (χ1n) is 5.98. The van der Waals surface area contributed by atoms with E-state index >= 15 is 0 Å². The molecule has 0 aliphatic carbocycles. The van der Waals surface area contributed by atoms with Gasteiger partial charge in [-0.3, -0.25) is 0 Å². The van der Waals surface area contributed by atoms with Gasteiger partial charge in [-0.1, -0.05) is 48.5 Å². The minimum Gasteiger partial charge on any atom is -0.309 e. The Balaban J connectivity index is 0.000000257. The molecule has 0 bridgehead atoms. The zero-order valence-corrected chi connectivity index (χ0v) is 11.4. The van der Waals surface area contributed by atoms with Crippen molar-refractivity contribution in [2.75, 3.05) is 0 Å². The fourth-order valence-corrected chi connectivity index (χ4v) is 2.21. The van der Waals surface area contributed by atoms with Crippen molar-refractivity contribution in [1.29, 1.82) is 0 Å². The van der Waals surface area contributed by atoms with Gasteiger partial charge < -0.3 is 5.32 Å². The molecule has 2 aromatic rings. The third kappa shape index (κ3) is 4.28. The number of hydrogen-bond acceptors (Lipinski definition) is 5. The summed E-state index contributed by atoms with van der Waals surface area (Å²) in [6.45, 7) is 1.93. The van der Waals surface area contributed by atoms with Crippen molar-refractivity contribution in [1.82, 2.24) is 5.32 Å². The molecule has 0 saturated carbocycles. The van der Waals surface area contributed by atoms with E-state index in [-0.39, 0.29) is 0 Å². The minimum absolute atomic E-state index is 0.963. The summed E-state index contributed by atoms with van der Waals surface area (Å²) in [6.07, 6.45) is 0. The maximum atomic E-state index is 8.83. The van der Waals surface area contributed by atoms with Gasteiger partial charge in [0.2, 0.25) is 0 Å². The fourth-order valence-electron chi connectivity index (χ4n) is 2.21. The average molecular weight is 298 g/mol. The molecule has 5 nitrogen and oxygen atoms in total. The molecule has 3 rings (SSSR count). The van der Waals surface area contributed by atoms with E-state index in [1.807, 2.05) is 0 Å². The molecular formula is C14H16ClNO4. The Morgan fingerprint density at radius 1 is 0.800 bits per heavy atom. The molecule has 6 heteroatoms. The third-order valence-corrected chi connectivity index (χ3v) is 2.96. The van der Waals surface area contributed by atoms with Crippen LogP contribution >= 0.6 is 0 Å². The number of hydrogen-bond donors (Lipinski definition) is 4. The van der Waals surface area contributed by atoms with Gasteiger partial charge >= 0.3 is 28.9 Å². The molecule has 0 amide bonds. The maximum Gasteiger partial charge on any atom is 0.0214 e. The quantitative estimate of drug-likeness (QED) is 0.553. The Labute approximate surface area is 118 Å². The van der Waals surface area contributed by atoms with Gasteiger partial charge in [0, 0.05) is 13.1 Å². The van der Waals surface area contributed by atoms with Crippen molar-refractivity contribution in [3.8, 4) is 11.1 Å². The zero-order valence-electron chi connectivity index (χ0n) is 10.7. The van der Waals surface area contributed by atoms with Crippen molar-refractivity contribution in [3.63, 3.8) is 0 Å². The second kappa shape index (κ2) is 6.32. The topological polar surface area (TPSA) is 95.8 Å². The summed E-state index contributed by atoms with van der Waals surface area (Å²) in [6, 6.07) is 17.3. The summed E-state index contributed by atoms with van der Waals surface area (Å²) in [5.74, 6) is 0. The molecule has 0 spiro atoms. The molecule has 20 heavy (non-hydrogen) atoms. The van der Waals surface area contributed by atoms with Gasteiger partial charge in [0.05, 0.1) is 0 Å². The summed E-state index contributed by atoms with van der Waals surface area (Å²) >= 11 is 0. The van der Waals surface area contributed by atoms with Gasteiger partial charge in [0.15, 0.2) is 0 Å². The maximum absolute atomic E-state index is 8.83. The van der Waals surface area contributed by atoms with Crippen LogP contribution < -0.4 is 9.98 Å². The molecule has 0 radical (unpaired) electrons. The Morgan fingerprint density at radius 2 is 1.15 bits per heavy atom. The first-order chi connectivity index (χ1) is 9.45. The summed E-state index contributed by atoms with van der Waals surface area (Å²) in [4.78, 5) is 0. The molecule has 0 fully saturated rings. The molecule has 0 unspecified atom stereocenters. The van der Waals surface area contributed by atoms with Gasteiger partial charge in [0.1, 0.15) is 0 Å². The standard InChI is InChI=1S/C14H13N.ClH3O4/c1-3-7-13-11(5-1)9-15-10-12-6-2-4-8-14(12)13;2-1(3,4)5/h1-8,15H,9-10H2;2-4H. The van der Waals surface area contributed by atoms with Crippen LogP contribution in [-0.4, -0.2) is 14.0 Å². The fraction of sp³-hybridized carbons (Fsp3) is 0.143. The first-order valence-corrected chi connectivity index (χ1v) is 7.30. The molecule has 0 aromatic heterocycles. The van der Waals surface area contributed by atoms with Gasteiger partial charge in [-0.15, -0.1) is 0 Å². The molecule has 1 aliphatic rings. The van der Waals surface area contributed by atoms with Gasteiger partial charge in [0.25, 0.3) is 0 Å². The van der Waals surface area contributed by atoms with Crippen LogP contribution in [-0.2, 0) is 13.1 Å². The smallest absolute Gasteiger partial charge is 0.0214 e. The number of rotatable bonds is 0. The molecule has 2 aromatic carbocycles. The van der Waals surface area contributed by atoms with Crippen LogP contribution in [0.3, 0.4) is 0 Å². The van der Waals surface area contributed by atoms with E-state index in [0.717, 1.165) is 13.1 Å². The number of fused-ring (bicyclic) bond motifs is 3.